The number of benzene rings is 1. The number of hydrogen-bond acceptors (Lipinski definition) is 2. The molecule has 0 radical (unpaired) electrons. The van der Waals surface area contributed by atoms with Crippen molar-refractivity contribution in [2.75, 3.05) is 0 Å². The number of nitro groups is 1. The van der Waals surface area contributed by atoms with Gasteiger partial charge in [-0.25, -0.2) is 0 Å². The number of fused-ring (bicyclic) bond motifs is 1. The second-order valence-corrected chi connectivity index (χ2v) is 5.34. The van der Waals surface area contributed by atoms with Crippen LogP contribution in [0.2, 0.25) is 0 Å². The second-order valence-electron chi connectivity index (χ2n) is 4.48. The van der Waals surface area contributed by atoms with Crippen molar-refractivity contribution in [3.8, 4) is 0 Å². The van der Waals surface area contributed by atoms with Gasteiger partial charge in [-0.2, -0.15) is 0 Å². The summed E-state index contributed by atoms with van der Waals surface area (Å²) < 4.78 is 2.89. The van der Waals surface area contributed by atoms with Crippen LogP contribution in [-0.4, -0.2) is 9.49 Å². The molecule has 2 rings (SSSR count). The highest BCUT2D eigenvalue weighted by Crippen LogP contribution is 2.30. The molecule has 4 nitrogen and oxygen atoms in total. The third-order valence-electron chi connectivity index (χ3n) is 2.57. The van der Waals surface area contributed by atoms with E-state index in [4.69, 9.17) is 0 Å². The van der Waals surface area contributed by atoms with E-state index in [9.17, 15) is 10.1 Å². The Morgan fingerprint density at radius 3 is 2.76 bits per heavy atom. The van der Waals surface area contributed by atoms with Gasteiger partial charge in [-0.1, -0.05) is 13.8 Å². The molecule has 0 N–H and O–H groups in total. The Bertz CT molecular complexity index is 575. The largest absolute Gasteiger partial charge is 0.346 e. The van der Waals surface area contributed by atoms with Crippen LogP contribution in [-0.2, 0) is 6.54 Å². The van der Waals surface area contributed by atoms with Crippen molar-refractivity contribution in [3.05, 3.63) is 39.0 Å². The van der Waals surface area contributed by atoms with E-state index in [2.05, 4.69) is 34.3 Å². The van der Waals surface area contributed by atoms with Crippen molar-refractivity contribution in [1.29, 1.82) is 0 Å². The van der Waals surface area contributed by atoms with Crippen molar-refractivity contribution >= 4 is 32.5 Å². The van der Waals surface area contributed by atoms with Gasteiger partial charge < -0.3 is 4.57 Å². The molecule has 1 heterocycles. The minimum atomic E-state index is -0.371. The van der Waals surface area contributed by atoms with Crippen LogP contribution >= 0.6 is 15.9 Å². The van der Waals surface area contributed by atoms with E-state index in [0.717, 1.165) is 21.9 Å². The van der Waals surface area contributed by atoms with Crippen molar-refractivity contribution in [2.24, 2.45) is 5.92 Å². The van der Waals surface area contributed by atoms with Crippen LogP contribution in [0.15, 0.2) is 28.9 Å². The fourth-order valence-electron chi connectivity index (χ4n) is 1.93. The summed E-state index contributed by atoms with van der Waals surface area (Å²) in [6.45, 7) is 5.19. The number of aromatic nitrogens is 1. The standard InChI is InChI=1S/C12H13BrN2O2/c1-8(2)7-14-4-3-9-5-10(15(16)17)6-11(13)12(9)14/h3-6,8H,7H2,1-2H3. The molecular formula is C12H13BrN2O2. The number of hydrogen-bond donors (Lipinski definition) is 0. The monoisotopic (exact) mass is 296 g/mol. The SMILES string of the molecule is CC(C)Cn1ccc2cc([N+](=O)[O-])cc(Br)c21. The molecule has 0 saturated heterocycles. The van der Waals surface area contributed by atoms with E-state index in [-0.39, 0.29) is 10.6 Å². The normalized spacial score (nSPS) is 11.3. The lowest BCUT2D eigenvalue weighted by Crippen LogP contribution is -2.03. The van der Waals surface area contributed by atoms with Gasteiger partial charge in [-0.05, 0) is 27.9 Å². The zero-order valence-electron chi connectivity index (χ0n) is 9.68. The molecule has 0 aliphatic carbocycles. The Hall–Kier alpha value is -1.36. The van der Waals surface area contributed by atoms with Gasteiger partial charge in [0.15, 0.2) is 0 Å². The first-order valence-corrected chi connectivity index (χ1v) is 6.21. The second kappa shape index (κ2) is 4.49. The van der Waals surface area contributed by atoms with E-state index >= 15 is 0 Å². The molecule has 0 saturated carbocycles. The van der Waals surface area contributed by atoms with Crippen molar-refractivity contribution in [3.63, 3.8) is 0 Å². The highest BCUT2D eigenvalue weighted by atomic mass is 79.9. The van der Waals surface area contributed by atoms with Crippen LogP contribution in [0.3, 0.4) is 0 Å². The Morgan fingerprint density at radius 2 is 2.18 bits per heavy atom. The molecule has 1 aromatic carbocycles. The first-order chi connectivity index (χ1) is 7.99. The highest BCUT2D eigenvalue weighted by molar-refractivity contribution is 9.10. The molecular weight excluding hydrogens is 284 g/mol. The van der Waals surface area contributed by atoms with E-state index in [1.807, 2.05) is 12.3 Å². The van der Waals surface area contributed by atoms with Gasteiger partial charge in [0.1, 0.15) is 0 Å². The maximum Gasteiger partial charge on any atom is 0.271 e. The van der Waals surface area contributed by atoms with Crippen LogP contribution in [0.5, 0.6) is 0 Å². The van der Waals surface area contributed by atoms with Gasteiger partial charge in [0.05, 0.1) is 10.4 Å². The van der Waals surface area contributed by atoms with E-state index < -0.39 is 0 Å². The predicted molar refractivity (Wildman–Crippen MR) is 71.1 cm³/mol. The van der Waals surface area contributed by atoms with Crippen LogP contribution in [0.1, 0.15) is 13.8 Å². The average molecular weight is 297 g/mol. The molecule has 0 aliphatic heterocycles. The van der Waals surface area contributed by atoms with Crippen LogP contribution in [0, 0.1) is 16.0 Å². The molecule has 0 atom stereocenters. The quantitative estimate of drug-likeness (QED) is 0.635. The lowest BCUT2D eigenvalue weighted by atomic mass is 10.2. The smallest absolute Gasteiger partial charge is 0.271 e. The van der Waals surface area contributed by atoms with Crippen molar-refractivity contribution < 1.29 is 4.92 Å². The molecule has 0 spiro atoms. The molecule has 0 amide bonds. The van der Waals surface area contributed by atoms with Crippen LogP contribution in [0.4, 0.5) is 5.69 Å². The highest BCUT2D eigenvalue weighted by Gasteiger charge is 2.13. The number of nitrogens with zero attached hydrogens (tertiary/aromatic N) is 2. The fourth-order valence-corrected chi connectivity index (χ4v) is 2.62. The molecule has 0 bridgehead atoms. The summed E-state index contributed by atoms with van der Waals surface area (Å²) in [5.41, 5.74) is 1.14. The molecule has 5 heteroatoms. The average Bonchev–Trinajstić information content (AvgIpc) is 2.60. The maximum atomic E-state index is 10.8. The maximum absolute atomic E-state index is 10.8. The number of halogens is 1. The minimum absolute atomic E-state index is 0.117. The molecule has 17 heavy (non-hydrogen) atoms. The molecule has 0 aliphatic rings. The molecule has 90 valence electrons. The Kier molecular flexibility index (Phi) is 3.19. The Morgan fingerprint density at radius 1 is 1.47 bits per heavy atom. The zero-order chi connectivity index (χ0) is 12.6. The third kappa shape index (κ3) is 2.34. The summed E-state index contributed by atoms with van der Waals surface area (Å²) in [7, 11) is 0. The summed E-state index contributed by atoms with van der Waals surface area (Å²) in [6.07, 6.45) is 1.97. The van der Waals surface area contributed by atoms with Gasteiger partial charge in [0.25, 0.3) is 5.69 Å². The van der Waals surface area contributed by atoms with Gasteiger partial charge in [-0.3, -0.25) is 10.1 Å². The van der Waals surface area contributed by atoms with Crippen LogP contribution < -0.4 is 0 Å². The first-order valence-electron chi connectivity index (χ1n) is 5.42. The first kappa shape index (κ1) is 12.1. The van der Waals surface area contributed by atoms with Crippen LogP contribution in [0.25, 0.3) is 10.9 Å². The van der Waals surface area contributed by atoms with E-state index in [1.165, 1.54) is 0 Å². The summed E-state index contributed by atoms with van der Waals surface area (Å²) in [5.74, 6) is 0.535. The fraction of sp³-hybridized carbons (Fsp3) is 0.333. The summed E-state index contributed by atoms with van der Waals surface area (Å²) >= 11 is 3.41. The number of rotatable bonds is 3. The van der Waals surface area contributed by atoms with Gasteiger partial charge in [0.2, 0.25) is 0 Å². The van der Waals surface area contributed by atoms with Gasteiger partial charge in [-0.15, -0.1) is 0 Å². The van der Waals surface area contributed by atoms with Crippen molar-refractivity contribution in [1.82, 2.24) is 4.57 Å². The zero-order valence-corrected chi connectivity index (χ0v) is 11.3. The Balaban J connectivity index is 2.58. The summed E-state index contributed by atoms with van der Waals surface area (Å²) in [6, 6.07) is 5.07. The lowest BCUT2D eigenvalue weighted by Gasteiger charge is -2.09. The van der Waals surface area contributed by atoms with Gasteiger partial charge in [0, 0.05) is 34.7 Å². The number of nitro benzene ring substituents is 1. The van der Waals surface area contributed by atoms with Crippen molar-refractivity contribution in [2.45, 2.75) is 20.4 Å². The van der Waals surface area contributed by atoms with E-state index in [0.29, 0.717) is 5.92 Å². The molecule has 0 unspecified atom stereocenters. The van der Waals surface area contributed by atoms with E-state index in [1.54, 1.807) is 12.1 Å². The molecule has 2 aromatic rings. The van der Waals surface area contributed by atoms with Gasteiger partial charge >= 0.3 is 0 Å². The topological polar surface area (TPSA) is 48.1 Å². The number of non-ortho nitro benzene ring substituents is 1. The summed E-state index contributed by atoms with van der Waals surface area (Å²) in [4.78, 5) is 10.4. The third-order valence-corrected chi connectivity index (χ3v) is 3.18. The Labute approximate surface area is 108 Å². The molecule has 1 aromatic heterocycles. The minimum Gasteiger partial charge on any atom is -0.346 e. The summed E-state index contributed by atoms with van der Waals surface area (Å²) in [5, 5.41) is 11.7. The predicted octanol–water partition coefficient (Wildman–Crippen LogP) is 3.97. The lowest BCUT2D eigenvalue weighted by molar-refractivity contribution is -0.384. The molecule has 0 fully saturated rings.